The van der Waals surface area contributed by atoms with E-state index in [0.717, 1.165) is 18.7 Å². The van der Waals surface area contributed by atoms with Crippen molar-refractivity contribution in [2.45, 2.75) is 26.7 Å². The molecule has 1 atom stereocenters. The number of carbonyl (C=O) groups is 1. The summed E-state index contributed by atoms with van der Waals surface area (Å²) in [5.74, 6) is -0.467. The fourth-order valence-corrected chi connectivity index (χ4v) is 2.54. The first kappa shape index (κ1) is 14.1. The Bertz CT molecular complexity index is 430. The lowest BCUT2D eigenvalue weighted by Crippen LogP contribution is -2.53. The molecule has 1 unspecified atom stereocenters. The van der Waals surface area contributed by atoms with Gasteiger partial charge in [-0.15, -0.1) is 0 Å². The largest absolute Gasteiger partial charge is 0.481 e. The molecule has 0 bridgehead atoms. The maximum atomic E-state index is 11.4. The Morgan fingerprint density at radius 3 is 2.37 bits per heavy atom. The predicted molar refractivity (Wildman–Crippen MR) is 76.2 cm³/mol. The summed E-state index contributed by atoms with van der Waals surface area (Å²) < 4.78 is 0. The van der Waals surface area contributed by atoms with Gasteiger partial charge in [0, 0.05) is 19.6 Å². The summed E-state index contributed by atoms with van der Waals surface area (Å²) in [7, 11) is 0. The van der Waals surface area contributed by atoms with E-state index < -0.39 is 11.9 Å². The number of carboxylic acid groups (broad SMARTS) is 1. The lowest BCUT2D eigenvalue weighted by molar-refractivity contribution is -0.140. The number of carboxylic acids is 1. The maximum Gasteiger partial charge on any atom is 0.312 e. The second-order valence-electron chi connectivity index (χ2n) is 6.58. The Morgan fingerprint density at radius 2 is 1.89 bits per heavy atom. The van der Waals surface area contributed by atoms with Crippen molar-refractivity contribution in [2.24, 2.45) is 11.3 Å². The van der Waals surface area contributed by atoms with Crippen LogP contribution in [0.3, 0.4) is 0 Å². The van der Waals surface area contributed by atoms with Gasteiger partial charge in [0.2, 0.25) is 0 Å². The minimum absolute atomic E-state index is 0.321. The Balaban J connectivity index is 1.96. The van der Waals surface area contributed by atoms with Gasteiger partial charge in [0.1, 0.15) is 0 Å². The molecule has 3 heteroatoms. The van der Waals surface area contributed by atoms with E-state index in [4.69, 9.17) is 0 Å². The molecule has 2 rings (SSSR count). The molecule has 1 fully saturated rings. The zero-order chi connectivity index (χ0) is 14.0. The van der Waals surface area contributed by atoms with Crippen molar-refractivity contribution in [1.29, 1.82) is 0 Å². The molecule has 1 aromatic carbocycles. The molecule has 0 aliphatic carbocycles. The number of hydrogen-bond acceptors (Lipinski definition) is 2. The molecule has 1 aromatic rings. The average Bonchev–Trinajstić information content (AvgIpc) is 2.26. The summed E-state index contributed by atoms with van der Waals surface area (Å²) in [6.45, 7) is 9.40. The first-order valence-corrected chi connectivity index (χ1v) is 6.88. The monoisotopic (exact) mass is 261 g/mol. The summed E-state index contributed by atoms with van der Waals surface area (Å²) in [5, 5.41) is 9.39. The minimum Gasteiger partial charge on any atom is -0.481 e. The molecule has 0 spiro atoms. The molecule has 19 heavy (non-hydrogen) atoms. The maximum absolute atomic E-state index is 11.4. The summed E-state index contributed by atoms with van der Waals surface area (Å²) in [4.78, 5) is 13.7. The normalized spacial score (nSPS) is 18.9. The van der Waals surface area contributed by atoms with Crippen LogP contribution in [0.15, 0.2) is 30.3 Å². The van der Waals surface area contributed by atoms with Crippen LogP contribution in [0.2, 0.25) is 0 Å². The van der Waals surface area contributed by atoms with E-state index in [0.29, 0.717) is 17.9 Å². The highest BCUT2D eigenvalue weighted by Gasteiger charge is 2.37. The van der Waals surface area contributed by atoms with Gasteiger partial charge in [-0.25, -0.2) is 0 Å². The van der Waals surface area contributed by atoms with Gasteiger partial charge < -0.3 is 10.0 Å². The van der Waals surface area contributed by atoms with E-state index in [1.807, 2.05) is 30.3 Å². The molecule has 0 radical (unpaired) electrons. The number of likely N-dealkylation sites (tertiary alicyclic amines) is 1. The molecule has 1 saturated heterocycles. The smallest absolute Gasteiger partial charge is 0.312 e. The van der Waals surface area contributed by atoms with Gasteiger partial charge in [-0.2, -0.15) is 0 Å². The summed E-state index contributed by atoms with van der Waals surface area (Å²) in [6, 6.07) is 9.53. The molecule has 0 aromatic heterocycles. The van der Waals surface area contributed by atoms with E-state index in [2.05, 4.69) is 25.7 Å². The van der Waals surface area contributed by atoms with Gasteiger partial charge in [0.25, 0.3) is 0 Å². The standard InChI is InChI=1S/C16H23NO2/c1-16(2,3)13-9-17(10-13)11-14(15(18)19)12-7-5-4-6-8-12/h4-8,13-14H,9-11H2,1-3H3,(H,18,19). The van der Waals surface area contributed by atoms with Crippen LogP contribution < -0.4 is 0 Å². The van der Waals surface area contributed by atoms with Crippen LogP contribution in [0.1, 0.15) is 32.3 Å². The molecule has 104 valence electrons. The predicted octanol–water partition coefficient (Wildman–Crippen LogP) is 2.83. The zero-order valence-corrected chi connectivity index (χ0v) is 12.0. The van der Waals surface area contributed by atoms with E-state index in [-0.39, 0.29) is 0 Å². The van der Waals surface area contributed by atoms with Gasteiger partial charge in [-0.1, -0.05) is 51.1 Å². The van der Waals surface area contributed by atoms with E-state index >= 15 is 0 Å². The minimum atomic E-state index is -0.731. The number of rotatable bonds is 4. The lowest BCUT2D eigenvalue weighted by Gasteiger charge is -2.47. The van der Waals surface area contributed by atoms with Crippen molar-refractivity contribution in [2.75, 3.05) is 19.6 Å². The highest BCUT2D eigenvalue weighted by Crippen LogP contribution is 2.34. The Hall–Kier alpha value is -1.35. The van der Waals surface area contributed by atoms with Crippen LogP contribution in [0.4, 0.5) is 0 Å². The molecule has 0 amide bonds. The first-order chi connectivity index (χ1) is 8.88. The molecule has 1 aliphatic heterocycles. The summed E-state index contributed by atoms with van der Waals surface area (Å²) >= 11 is 0. The van der Waals surface area contributed by atoms with E-state index in [9.17, 15) is 9.90 Å². The fourth-order valence-electron chi connectivity index (χ4n) is 2.54. The van der Waals surface area contributed by atoms with Crippen molar-refractivity contribution >= 4 is 5.97 Å². The first-order valence-electron chi connectivity index (χ1n) is 6.88. The number of aliphatic carboxylic acids is 1. The highest BCUT2D eigenvalue weighted by atomic mass is 16.4. The quantitative estimate of drug-likeness (QED) is 0.906. The van der Waals surface area contributed by atoms with Crippen LogP contribution in [0.25, 0.3) is 0 Å². The molecule has 1 N–H and O–H groups in total. The number of nitrogens with zero attached hydrogens (tertiary/aromatic N) is 1. The lowest BCUT2D eigenvalue weighted by atomic mass is 9.75. The zero-order valence-electron chi connectivity index (χ0n) is 12.0. The van der Waals surface area contributed by atoms with Crippen molar-refractivity contribution in [3.8, 4) is 0 Å². The van der Waals surface area contributed by atoms with Crippen LogP contribution >= 0.6 is 0 Å². The van der Waals surface area contributed by atoms with Crippen molar-refractivity contribution in [1.82, 2.24) is 4.90 Å². The third kappa shape index (κ3) is 3.35. The molecule has 1 heterocycles. The van der Waals surface area contributed by atoms with Gasteiger partial charge in [-0.05, 0) is 16.9 Å². The summed E-state index contributed by atoms with van der Waals surface area (Å²) in [5.41, 5.74) is 1.22. The molecular weight excluding hydrogens is 238 g/mol. The van der Waals surface area contributed by atoms with Gasteiger partial charge in [0.15, 0.2) is 0 Å². The third-order valence-electron chi connectivity index (χ3n) is 4.12. The van der Waals surface area contributed by atoms with E-state index in [1.165, 1.54) is 0 Å². The van der Waals surface area contributed by atoms with Crippen LogP contribution in [0, 0.1) is 11.3 Å². The summed E-state index contributed by atoms with van der Waals surface area (Å²) in [6.07, 6.45) is 0. The van der Waals surface area contributed by atoms with E-state index in [1.54, 1.807) is 0 Å². The molecular formula is C16H23NO2. The second-order valence-corrected chi connectivity index (χ2v) is 6.58. The van der Waals surface area contributed by atoms with Crippen LogP contribution in [-0.4, -0.2) is 35.6 Å². The van der Waals surface area contributed by atoms with Crippen LogP contribution in [0.5, 0.6) is 0 Å². The second kappa shape index (κ2) is 5.33. The van der Waals surface area contributed by atoms with Gasteiger partial charge >= 0.3 is 5.97 Å². The SMILES string of the molecule is CC(C)(C)C1CN(CC(C(=O)O)c2ccccc2)C1. The highest BCUT2D eigenvalue weighted by molar-refractivity contribution is 5.76. The van der Waals surface area contributed by atoms with Crippen molar-refractivity contribution in [3.05, 3.63) is 35.9 Å². The van der Waals surface area contributed by atoms with Crippen molar-refractivity contribution < 1.29 is 9.90 Å². The van der Waals surface area contributed by atoms with Crippen LogP contribution in [-0.2, 0) is 4.79 Å². The number of hydrogen-bond donors (Lipinski definition) is 1. The Morgan fingerprint density at radius 1 is 1.32 bits per heavy atom. The molecule has 3 nitrogen and oxygen atoms in total. The molecule has 0 saturated carbocycles. The fraction of sp³-hybridized carbons (Fsp3) is 0.562. The van der Waals surface area contributed by atoms with Gasteiger partial charge in [-0.3, -0.25) is 4.79 Å². The topological polar surface area (TPSA) is 40.5 Å². The average molecular weight is 261 g/mol. The number of benzene rings is 1. The Kier molecular flexibility index (Phi) is 3.95. The Labute approximate surface area is 115 Å². The third-order valence-corrected chi connectivity index (χ3v) is 4.12. The van der Waals surface area contributed by atoms with Gasteiger partial charge in [0.05, 0.1) is 5.92 Å². The van der Waals surface area contributed by atoms with Crippen molar-refractivity contribution in [3.63, 3.8) is 0 Å². The molecule has 1 aliphatic rings.